The van der Waals surface area contributed by atoms with Crippen LogP contribution in [0.3, 0.4) is 0 Å². The molecule has 0 spiro atoms. The van der Waals surface area contributed by atoms with E-state index in [1.807, 2.05) is 12.1 Å². The minimum absolute atomic E-state index is 0.0137. The minimum Gasteiger partial charge on any atom is -0.422 e. The van der Waals surface area contributed by atoms with Gasteiger partial charge in [-0.25, -0.2) is 18.2 Å². The van der Waals surface area contributed by atoms with Gasteiger partial charge in [0.1, 0.15) is 5.58 Å². The number of anilines is 1. The van der Waals surface area contributed by atoms with Crippen LogP contribution in [0, 0.1) is 0 Å². The van der Waals surface area contributed by atoms with Crippen LogP contribution in [0.15, 0.2) is 74.1 Å². The molecule has 0 bridgehead atoms. The van der Waals surface area contributed by atoms with E-state index in [1.54, 1.807) is 23.6 Å². The van der Waals surface area contributed by atoms with Crippen LogP contribution in [0.4, 0.5) is 5.13 Å². The summed E-state index contributed by atoms with van der Waals surface area (Å²) < 4.78 is 30.0. The normalized spacial score (nSPS) is 11.5. The second-order valence-electron chi connectivity index (χ2n) is 6.95. The summed E-state index contributed by atoms with van der Waals surface area (Å²) in [6, 6.07) is 14.8. The van der Waals surface area contributed by atoms with Crippen LogP contribution in [0.2, 0.25) is 5.02 Å². The summed E-state index contributed by atoms with van der Waals surface area (Å²) in [4.78, 5) is 29.0. The molecule has 4 rings (SSSR count). The van der Waals surface area contributed by atoms with Crippen molar-refractivity contribution in [3.8, 4) is 11.3 Å². The Morgan fingerprint density at radius 2 is 1.88 bits per heavy atom. The summed E-state index contributed by atoms with van der Waals surface area (Å²) >= 11 is 6.95. The van der Waals surface area contributed by atoms with Crippen molar-refractivity contribution in [1.29, 1.82) is 0 Å². The van der Waals surface area contributed by atoms with Crippen LogP contribution in [0.25, 0.3) is 22.2 Å². The first kappa shape index (κ1) is 22.2. The summed E-state index contributed by atoms with van der Waals surface area (Å²) in [6.45, 7) is 0. The first-order chi connectivity index (χ1) is 15.3. The van der Waals surface area contributed by atoms with Gasteiger partial charge in [0.05, 0.1) is 21.9 Å². The molecule has 2 aromatic heterocycles. The van der Waals surface area contributed by atoms with Gasteiger partial charge in [0.2, 0.25) is 5.91 Å². The van der Waals surface area contributed by atoms with Crippen LogP contribution in [0.1, 0.15) is 12.8 Å². The molecule has 0 radical (unpaired) electrons. The van der Waals surface area contributed by atoms with Crippen LogP contribution < -0.4 is 10.9 Å². The number of amides is 1. The molecule has 7 nitrogen and oxygen atoms in total. The number of hydrogen-bond acceptors (Lipinski definition) is 7. The third-order valence-electron chi connectivity index (χ3n) is 4.66. The molecule has 0 saturated heterocycles. The van der Waals surface area contributed by atoms with Crippen molar-refractivity contribution in [2.45, 2.75) is 17.7 Å². The first-order valence-electron chi connectivity index (χ1n) is 9.59. The van der Waals surface area contributed by atoms with Gasteiger partial charge in [-0.05, 0) is 42.8 Å². The zero-order chi connectivity index (χ0) is 22.7. The minimum atomic E-state index is -3.50. The van der Waals surface area contributed by atoms with E-state index in [0.717, 1.165) is 5.39 Å². The summed E-state index contributed by atoms with van der Waals surface area (Å²) in [5.74, 6) is -0.522. The van der Waals surface area contributed by atoms with Gasteiger partial charge in [0.15, 0.2) is 15.0 Å². The molecular weight excluding hydrogens is 472 g/mol. The number of carbonyl (C=O) groups is 1. The van der Waals surface area contributed by atoms with E-state index in [4.69, 9.17) is 16.0 Å². The van der Waals surface area contributed by atoms with Gasteiger partial charge in [-0.2, -0.15) is 0 Å². The Morgan fingerprint density at radius 1 is 1.12 bits per heavy atom. The summed E-state index contributed by atoms with van der Waals surface area (Å²) in [7, 11) is -3.50. The maximum atomic E-state index is 12.3. The number of sulfone groups is 1. The Bertz CT molecular complexity index is 1440. The van der Waals surface area contributed by atoms with Gasteiger partial charge >= 0.3 is 5.63 Å². The first-order valence-corrected chi connectivity index (χ1v) is 12.5. The molecule has 1 N–H and O–H groups in total. The molecule has 0 atom stereocenters. The number of fused-ring (bicyclic) bond motifs is 1. The predicted molar refractivity (Wildman–Crippen MR) is 125 cm³/mol. The highest BCUT2D eigenvalue weighted by Gasteiger charge is 2.16. The molecule has 1 amide bonds. The zero-order valence-corrected chi connectivity index (χ0v) is 19.0. The third-order valence-corrected chi connectivity index (χ3v) is 7.48. The maximum Gasteiger partial charge on any atom is 0.345 e. The van der Waals surface area contributed by atoms with Crippen molar-refractivity contribution in [3.63, 3.8) is 0 Å². The highest BCUT2D eigenvalue weighted by molar-refractivity contribution is 7.91. The van der Waals surface area contributed by atoms with Crippen molar-refractivity contribution in [1.82, 2.24) is 4.98 Å². The highest BCUT2D eigenvalue weighted by atomic mass is 35.5. The Hall–Kier alpha value is -3.01. The third kappa shape index (κ3) is 5.07. The van der Waals surface area contributed by atoms with Gasteiger partial charge in [-0.3, -0.25) is 4.79 Å². The van der Waals surface area contributed by atoms with E-state index in [9.17, 15) is 18.0 Å². The molecule has 164 valence electrons. The van der Waals surface area contributed by atoms with Gasteiger partial charge in [0, 0.05) is 22.2 Å². The van der Waals surface area contributed by atoms with Gasteiger partial charge in [-0.1, -0.05) is 29.8 Å². The van der Waals surface area contributed by atoms with E-state index in [-0.39, 0.29) is 29.4 Å². The Kier molecular flexibility index (Phi) is 6.40. The maximum absolute atomic E-state index is 12.3. The number of aromatic nitrogens is 1. The van der Waals surface area contributed by atoms with E-state index in [2.05, 4.69) is 10.3 Å². The Morgan fingerprint density at radius 3 is 2.66 bits per heavy atom. The van der Waals surface area contributed by atoms with E-state index in [1.165, 1.54) is 35.6 Å². The predicted octanol–water partition coefficient (Wildman–Crippen LogP) is 4.76. The zero-order valence-electron chi connectivity index (χ0n) is 16.6. The summed E-state index contributed by atoms with van der Waals surface area (Å²) in [5, 5.41) is 5.84. The number of rotatable bonds is 7. The van der Waals surface area contributed by atoms with Crippen molar-refractivity contribution >= 4 is 54.8 Å². The van der Waals surface area contributed by atoms with Gasteiger partial charge in [-0.15, -0.1) is 11.3 Å². The van der Waals surface area contributed by atoms with Crippen molar-refractivity contribution in [3.05, 3.63) is 75.4 Å². The highest BCUT2D eigenvalue weighted by Crippen LogP contribution is 2.25. The quantitative estimate of drug-likeness (QED) is 0.376. The monoisotopic (exact) mass is 488 g/mol. The van der Waals surface area contributed by atoms with Gasteiger partial charge in [0.25, 0.3) is 0 Å². The number of nitrogens with zero attached hydrogens (tertiary/aromatic N) is 1. The van der Waals surface area contributed by atoms with Crippen molar-refractivity contribution in [2.24, 2.45) is 0 Å². The molecule has 0 aliphatic carbocycles. The van der Waals surface area contributed by atoms with E-state index < -0.39 is 15.5 Å². The lowest BCUT2D eigenvalue weighted by atomic mass is 10.1. The second kappa shape index (κ2) is 9.23. The smallest absolute Gasteiger partial charge is 0.345 e. The van der Waals surface area contributed by atoms with Crippen molar-refractivity contribution in [2.75, 3.05) is 11.1 Å². The standard InChI is InChI=1S/C22H17ClN2O5S2/c23-15-7-9-16(10-8-15)32(28,29)11-3-6-20(26)25-22-24-18(13-31-22)17-12-14-4-1-2-5-19(14)30-21(17)27/h1-2,4-5,7-10,12-13H,3,6,11H2,(H,24,25,26). The molecule has 4 aromatic rings. The molecule has 0 saturated carbocycles. The number of hydrogen-bond donors (Lipinski definition) is 1. The molecule has 10 heteroatoms. The topological polar surface area (TPSA) is 106 Å². The van der Waals surface area contributed by atoms with E-state index >= 15 is 0 Å². The fourth-order valence-corrected chi connectivity index (χ4v) is 5.22. The lowest BCUT2D eigenvalue weighted by Gasteiger charge is -2.05. The molecule has 2 aromatic carbocycles. The molecular formula is C22H17ClN2O5S2. The SMILES string of the molecule is O=C(CCCS(=O)(=O)c1ccc(Cl)cc1)Nc1nc(-c2cc3ccccc3oc2=O)cs1. The summed E-state index contributed by atoms with van der Waals surface area (Å²) in [5.41, 5.74) is 0.669. The van der Waals surface area contributed by atoms with Crippen molar-refractivity contribution < 1.29 is 17.6 Å². The number of halogens is 1. The average Bonchev–Trinajstić information content (AvgIpc) is 3.21. The fourth-order valence-electron chi connectivity index (χ4n) is 3.06. The number of para-hydroxylation sites is 1. The summed E-state index contributed by atoms with van der Waals surface area (Å²) in [6.07, 6.45) is 0.170. The van der Waals surface area contributed by atoms with E-state index in [0.29, 0.717) is 27.0 Å². The van der Waals surface area contributed by atoms with Gasteiger partial charge < -0.3 is 9.73 Å². The Balaban J connectivity index is 1.37. The number of thiazole rings is 1. The van der Waals surface area contributed by atoms with Crippen LogP contribution in [-0.2, 0) is 14.6 Å². The molecule has 0 unspecified atom stereocenters. The molecule has 0 aliphatic rings. The largest absolute Gasteiger partial charge is 0.422 e. The van der Waals surface area contributed by atoms with Crippen LogP contribution in [-0.4, -0.2) is 25.1 Å². The molecule has 32 heavy (non-hydrogen) atoms. The molecule has 0 aliphatic heterocycles. The van der Waals surface area contributed by atoms with Crippen LogP contribution >= 0.6 is 22.9 Å². The number of carbonyl (C=O) groups excluding carboxylic acids is 1. The lowest BCUT2D eigenvalue weighted by Crippen LogP contribution is -2.14. The molecule has 2 heterocycles. The molecule has 0 fully saturated rings. The number of nitrogens with one attached hydrogen (secondary N) is 1. The number of benzene rings is 2. The average molecular weight is 489 g/mol. The van der Waals surface area contributed by atoms with Crippen LogP contribution in [0.5, 0.6) is 0 Å². The Labute approximate surface area is 192 Å². The lowest BCUT2D eigenvalue weighted by molar-refractivity contribution is -0.116. The second-order valence-corrected chi connectivity index (χ2v) is 10.4. The fraction of sp³-hybridized carbons (Fsp3) is 0.136.